The molecule has 0 bridgehead atoms. The van der Waals surface area contributed by atoms with Gasteiger partial charge in [0, 0.05) is 19.4 Å². The van der Waals surface area contributed by atoms with Gasteiger partial charge in [0.2, 0.25) is 0 Å². The summed E-state index contributed by atoms with van der Waals surface area (Å²) in [5, 5.41) is 9.51. The first-order chi connectivity index (χ1) is 24.6. The molecule has 50 heavy (non-hydrogen) atoms. The summed E-state index contributed by atoms with van der Waals surface area (Å²) in [6.07, 6.45) is 32.3. The molecule has 0 rings (SSSR count). The van der Waals surface area contributed by atoms with Gasteiger partial charge in [-0.05, 0) is 70.9 Å². The number of aliphatic hydroxyl groups excluding tert-OH is 1. The van der Waals surface area contributed by atoms with Crippen molar-refractivity contribution in [2.45, 2.75) is 213 Å². The van der Waals surface area contributed by atoms with Crippen molar-refractivity contribution < 1.29 is 28.9 Å². The van der Waals surface area contributed by atoms with Crippen molar-refractivity contribution in [1.82, 2.24) is 4.90 Å². The van der Waals surface area contributed by atoms with Crippen LogP contribution in [0.1, 0.15) is 207 Å². The van der Waals surface area contributed by atoms with Crippen molar-refractivity contribution in [3.05, 3.63) is 0 Å². The van der Waals surface area contributed by atoms with Crippen molar-refractivity contribution in [2.75, 3.05) is 39.5 Å². The SMILES string of the molecule is CCCCCCC#CCOC(=O)OCCCCCCN(CCO)CCCCCCCC(=O)OC(CCCCCCCC)CCCCCCCC. The fraction of sp³-hybridized carbons (Fsp3) is 0.907. The first kappa shape index (κ1) is 48.2. The van der Waals surface area contributed by atoms with Crippen molar-refractivity contribution in [3.8, 4) is 11.8 Å². The van der Waals surface area contributed by atoms with E-state index in [1.54, 1.807) is 0 Å². The van der Waals surface area contributed by atoms with Crippen molar-refractivity contribution in [1.29, 1.82) is 0 Å². The molecule has 0 aliphatic carbocycles. The summed E-state index contributed by atoms with van der Waals surface area (Å²) in [6.45, 7) is 10.0. The Hall–Kier alpha value is -1.78. The molecule has 0 aromatic heterocycles. The second-order valence-electron chi connectivity index (χ2n) is 14.3. The molecule has 7 heteroatoms. The van der Waals surface area contributed by atoms with E-state index in [0.29, 0.717) is 19.6 Å². The van der Waals surface area contributed by atoms with E-state index in [1.165, 1.54) is 96.3 Å². The number of hydrogen-bond acceptors (Lipinski definition) is 7. The van der Waals surface area contributed by atoms with Gasteiger partial charge in [-0.3, -0.25) is 4.79 Å². The summed E-state index contributed by atoms with van der Waals surface area (Å²) < 4.78 is 16.2. The minimum atomic E-state index is -0.634. The Morgan fingerprint density at radius 3 is 1.64 bits per heavy atom. The molecule has 0 heterocycles. The average Bonchev–Trinajstić information content (AvgIpc) is 3.11. The van der Waals surface area contributed by atoms with Crippen LogP contribution < -0.4 is 0 Å². The predicted octanol–water partition coefficient (Wildman–Crippen LogP) is 11.7. The summed E-state index contributed by atoms with van der Waals surface area (Å²) in [6, 6.07) is 0. The van der Waals surface area contributed by atoms with Gasteiger partial charge in [-0.2, -0.15) is 0 Å². The molecule has 0 amide bonds. The molecule has 0 atom stereocenters. The summed E-state index contributed by atoms with van der Waals surface area (Å²) in [5.41, 5.74) is 0. The normalized spacial score (nSPS) is 11.2. The number of carbonyl (C=O) groups excluding carboxylic acids is 2. The topological polar surface area (TPSA) is 85.3 Å². The molecule has 0 unspecified atom stereocenters. The Morgan fingerprint density at radius 2 is 1.06 bits per heavy atom. The number of ether oxygens (including phenoxy) is 3. The van der Waals surface area contributed by atoms with Gasteiger partial charge in [0.05, 0.1) is 13.2 Å². The summed E-state index contributed by atoms with van der Waals surface area (Å²) in [7, 11) is 0. The molecule has 0 aliphatic rings. The van der Waals surface area contributed by atoms with Crippen molar-refractivity contribution >= 4 is 12.1 Å². The Bertz CT molecular complexity index is 778. The number of aliphatic hydroxyl groups is 1. The molecule has 0 aliphatic heterocycles. The highest BCUT2D eigenvalue weighted by atomic mass is 16.7. The molecule has 294 valence electrons. The van der Waals surface area contributed by atoms with E-state index in [4.69, 9.17) is 14.2 Å². The lowest BCUT2D eigenvalue weighted by Gasteiger charge is -2.21. The smallest absolute Gasteiger partial charge is 0.462 e. The van der Waals surface area contributed by atoms with Crippen LogP contribution in [0.25, 0.3) is 0 Å². The van der Waals surface area contributed by atoms with Crippen LogP contribution in [0.5, 0.6) is 0 Å². The highest BCUT2D eigenvalue weighted by molar-refractivity contribution is 5.69. The number of esters is 1. The van der Waals surface area contributed by atoms with E-state index in [1.807, 2.05) is 0 Å². The van der Waals surface area contributed by atoms with E-state index in [-0.39, 0.29) is 25.3 Å². The standard InChI is InChI=1S/C43H81NO6/c1-4-7-10-13-16-23-30-39-48-43(47)49-40-31-24-22-29-36-44(37-38-45)35-28-21-17-20-27-34-42(46)50-41(32-25-18-14-11-8-5-2)33-26-19-15-12-9-6-3/h41,45H,4-22,24-29,31-40H2,1-3H3. The number of rotatable bonds is 37. The second-order valence-corrected chi connectivity index (χ2v) is 14.3. The van der Waals surface area contributed by atoms with Gasteiger partial charge in [-0.25, -0.2) is 4.79 Å². The zero-order valence-electron chi connectivity index (χ0n) is 33.3. The lowest BCUT2D eigenvalue weighted by Crippen LogP contribution is -2.29. The predicted molar refractivity (Wildman–Crippen MR) is 209 cm³/mol. The molecule has 0 spiro atoms. The van der Waals surface area contributed by atoms with Crippen molar-refractivity contribution in [3.63, 3.8) is 0 Å². The van der Waals surface area contributed by atoms with Crippen LogP contribution in [-0.4, -0.2) is 67.7 Å². The van der Waals surface area contributed by atoms with Crippen LogP contribution in [0.3, 0.4) is 0 Å². The van der Waals surface area contributed by atoms with Gasteiger partial charge in [-0.1, -0.05) is 148 Å². The second kappa shape index (κ2) is 40.0. The molecule has 0 aromatic rings. The van der Waals surface area contributed by atoms with E-state index in [0.717, 1.165) is 96.6 Å². The molecule has 7 nitrogen and oxygen atoms in total. The maximum absolute atomic E-state index is 12.7. The number of nitrogens with zero attached hydrogens (tertiary/aromatic N) is 1. The Kier molecular flexibility index (Phi) is 38.6. The largest absolute Gasteiger partial charge is 0.509 e. The van der Waals surface area contributed by atoms with E-state index in [9.17, 15) is 14.7 Å². The van der Waals surface area contributed by atoms with Crippen LogP contribution in [-0.2, 0) is 19.0 Å². The first-order valence-corrected chi connectivity index (χ1v) is 21.3. The van der Waals surface area contributed by atoms with E-state index in [2.05, 4.69) is 37.5 Å². The molecular weight excluding hydrogens is 626 g/mol. The van der Waals surface area contributed by atoms with Gasteiger partial charge in [0.25, 0.3) is 0 Å². The van der Waals surface area contributed by atoms with Crippen molar-refractivity contribution in [2.24, 2.45) is 0 Å². The molecule has 0 fully saturated rings. The van der Waals surface area contributed by atoms with Gasteiger partial charge >= 0.3 is 12.1 Å². The minimum Gasteiger partial charge on any atom is -0.462 e. The van der Waals surface area contributed by atoms with Crippen LogP contribution in [0.2, 0.25) is 0 Å². The molecular formula is C43H81NO6. The van der Waals surface area contributed by atoms with Gasteiger partial charge in [-0.15, -0.1) is 0 Å². The van der Waals surface area contributed by atoms with E-state index < -0.39 is 6.16 Å². The summed E-state index contributed by atoms with van der Waals surface area (Å²) >= 11 is 0. The molecule has 1 N–H and O–H groups in total. The van der Waals surface area contributed by atoms with Gasteiger partial charge in [0.15, 0.2) is 6.61 Å². The fourth-order valence-electron chi connectivity index (χ4n) is 6.29. The van der Waals surface area contributed by atoms with Crippen LogP contribution >= 0.6 is 0 Å². The third-order valence-electron chi connectivity index (χ3n) is 9.46. The fourth-order valence-corrected chi connectivity index (χ4v) is 6.29. The molecule has 0 aromatic carbocycles. The molecule has 0 radical (unpaired) electrons. The van der Waals surface area contributed by atoms with Crippen LogP contribution in [0, 0.1) is 11.8 Å². The number of hydrogen-bond donors (Lipinski definition) is 1. The summed E-state index contributed by atoms with van der Waals surface area (Å²) in [5.74, 6) is 5.92. The zero-order valence-corrected chi connectivity index (χ0v) is 33.3. The van der Waals surface area contributed by atoms with Gasteiger partial charge < -0.3 is 24.2 Å². The summed E-state index contributed by atoms with van der Waals surface area (Å²) in [4.78, 5) is 26.7. The number of carbonyl (C=O) groups is 2. The Balaban J connectivity index is 3.98. The van der Waals surface area contributed by atoms with Crippen LogP contribution in [0.15, 0.2) is 0 Å². The number of unbranched alkanes of at least 4 members (excludes halogenated alkanes) is 21. The van der Waals surface area contributed by atoms with Gasteiger partial charge in [0.1, 0.15) is 6.10 Å². The third-order valence-corrected chi connectivity index (χ3v) is 9.46. The third kappa shape index (κ3) is 36.0. The highest BCUT2D eigenvalue weighted by Crippen LogP contribution is 2.18. The Morgan fingerprint density at radius 1 is 0.560 bits per heavy atom. The minimum absolute atomic E-state index is 0.00114. The van der Waals surface area contributed by atoms with Crippen LogP contribution in [0.4, 0.5) is 4.79 Å². The quantitative estimate of drug-likeness (QED) is 0.0391. The lowest BCUT2D eigenvalue weighted by atomic mass is 10.0. The zero-order chi connectivity index (χ0) is 36.6. The Labute approximate surface area is 309 Å². The molecule has 0 saturated carbocycles. The lowest BCUT2D eigenvalue weighted by molar-refractivity contribution is -0.150. The monoisotopic (exact) mass is 708 g/mol. The first-order valence-electron chi connectivity index (χ1n) is 21.3. The highest BCUT2D eigenvalue weighted by Gasteiger charge is 2.14. The maximum atomic E-state index is 12.7. The molecule has 0 saturated heterocycles. The average molecular weight is 708 g/mol. The maximum Gasteiger partial charge on any atom is 0.509 e. The van der Waals surface area contributed by atoms with E-state index >= 15 is 0 Å².